The van der Waals surface area contributed by atoms with Crippen LogP contribution in [0.15, 0.2) is 24.3 Å². The molecule has 0 spiro atoms. The van der Waals surface area contributed by atoms with Crippen molar-refractivity contribution in [3.8, 4) is 0 Å². The van der Waals surface area contributed by atoms with Gasteiger partial charge < -0.3 is 15.5 Å². The van der Waals surface area contributed by atoms with Gasteiger partial charge in [0.1, 0.15) is 0 Å². The molecule has 0 aliphatic heterocycles. The Hall–Kier alpha value is -1.59. The van der Waals surface area contributed by atoms with Gasteiger partial charge in [0.15, 0.2) is 0 Å². The van der Waals surface area contributed by atoms with Crippen LogP contribution < -0.4 is 5.73 Å². The highest BCUT2D eigenvalue weighted by molar-refractivity contribution is 5.93. The molecule has 0 fully saturated rings. The van der Waals surface area contributed by atoms with E-state index in [9.17, 15) is 9.59 Å². The number of benzene rings is 1. The molecule has 0 aromatic heterocycles. The third-order valence-corrected chi connectivity index (χ3v) is 3.21. The Labute approximate surface area is 138 Å². The number of halogens is 1. The molecule has 0 saturated heterocycles. The average molecular weight is 328 g/mol. The summed E-state index contributed by atoms with van der Waals surface area (Å²) >= 11 is 0. The van der Waals surface area contributed by atoms with E-state index in [1.807, 2.05) is 26.0 Å². The second-order valence-electron chi connectivity index (χ2n) is 5.49. The van der Waals surface area contributed by atoms with E-state index in [1.165, 1.54) is 0 Å². The zero-order valence-electron chi connectivity index (χ0n) is 13.7. The first-order chi connectivity index (χ1) is 9.85. The van der Waals surface area contributed by atoms with Gasteiger partial charge in [-0.2, -0.15) is 0 Å². The monoisotopic (exact) mass is 327 g/mol. The highest BCUT2D eigenvalue weighted by Gasteiger charge is 2.14. The largest absolute Gasteiger partial charge is 0.345 e. The number of rotatable bonds is 6. The highest BCUT2D eigenvalue weighted by Crippen LogP contribution is 2.10. The van der Waals surface area contributed by atoms with Crippen molar-refractivity contribution in [2.24, 2.45) is 5.73 Å². The summed E-state index contributed by atoms with van der Waals surface area (Å²) in [7, 11) is 3.45. The highest BCUT2D eigenvalue weighted by atomic mass is 35.5. The number of amides is 2. The summed E-state index contributed by atoms with van der Waals surface area (Å²) in [6.45, 7) is 4.96. The minimum absolute atomic E-state index is 0. The van der Waals surface area contributed by atoms with Gasteiger partial charge in [-0.05, 0) is 31.5 Å². The molecule has 0 radical (unpaired) electrons. The molecule has 1 aromatic carbocycles. The summed E-state index contributed by atoms with van der Waals surface area (Å²) in [5.41, 5.74) is 7.32. The van der Waals surface area contributed by atoms with E-state index in [-0.39, 0.29) is 30.3 Å². The first kappa shape index (κ1) is 20.4. The van der Waals surface area contributed by atoms with E-state index in [4.69, 9.17) is 5.73 Å². The first-order valence-corrected chi connectivity index (χ1v) is 7.19. The third-order valence-electron chi connectivity index (χ3n) is 3.21. The van der Waals surface area contributed by atoms with Crippen molar-refractivity contribution in [1.82, 2.24) is 9.80 Å². The molecular formula is C16H26ClN3O2. The van der Waals surface area contributed by atoms with E-state index in [1.54, 1.807) is 36.0 Å². The summed E-state index contributed by atoms with van der Waals surface area (Å²) in [5.74, 6) is 0.0304. The lowest BCUT2D eigenvalue weighted by Gasteiger charge is -2.22. The average Bonchev–Trinajstić information content (AvgIpc) is 2.43. The number of carbonyl (C=O) groups excluding carboxylic acids is 2. The van der Waals surface area contributed by atoms with Crippen LogP contribution in [-0.4, -0.2) is 48.3 Å². The first-order valence-electron chi connectivity index (χ1n) is 7.19. The molecule has 22 heavy (non-hydrogen) atoms. The molecule has 0 saturated carbocycles. The van der Waals surface area contributed by atoms with Crippen molar-refractivity contribution in [1.29, 1.82) is 0 Å². The molecule has 0 aliphatic rings. The Morgan fingerprint density at radius 2 is 1.73 bits per heavy atom. The fourth-order valence-corrected chi connectivity index (χ4v) is 2.01. The number of hydrogen-bond acceptors (Lipinski definition) is 3. The Kier molecular flexibility index (Phi) is 8.75. The number of nitrogens with two attached hydrogens (primary N) is 1. The van der Waals surface area contributed by atoms with Gasteiger partial charge in [0, 0.05) is 45.2 Å². The predicted octanol–water partition coefficient (Wildman–Crippen LogP) is 1.90. The smallest absolute Gasteiger partial charge is 0.253 e. The lowest BCUT2D eigenvalue weighted by atomic mass is 10.1. The van der Waals surface area contributed by atoms with Gasteiger partial charge in [-0.15, -0.1) is 12.4 Å². The molecule has 1 rings (SSSR count). The molecule has 0 heterocycles. The van der Waals surface area contributed by atoms with Crippen LogP contribution in [0.2, 0.25) is 0 Å². The van der Waals surface area contributed by atoms with E-state index >= 15 is 0 Å². The van der Waals surface area contributed by atoms with Crippen LogP contribution in [0.4, 0.5) is 0 Å². The van der Waals surface area contributed by atoms with E-state index in [0.29, 0.717) is 25.1 Å². The summed E-state index contributed by atoms with van der Waals surface area (Å²) in [4.78, 5) is 27.2. The van der Waals surface area contributed by atoms with Crippen molar-refractivity contribution in [2.75, 3.05) is 20.6 Å². The predicted molar refractivity (Wildman–Crippen MR) is 91.1 cm³/mol. The van der Waals surface area contributed by atoms with Gasteiger partial charge in [0.05, 0.1) is 0 Å². The normalized spacial score (nSPS) is 11.3. The topological polar surface area (TPSA) is 66.6 Å². The van der Waals surface area contributed by atoms with Crippen LogP contribution in [0.25, 0.3) is 0 Å². The standard InChI is InChI=1S/C16H25N3O2.ClH/c1-5-19(15(20)10-12(2)17)11-13-6-8-14(9-7-13)16(21)18(3)4;/h6-9,12H,5,10-11,17H2,1-4H3;1H. The van der Waals surface area contributed by atoms with Gasteiger partial charge in [-0.3, -0.25) is 9.59 Å². The van der Waals surface area contributed by atoms with Crippen LogP contribution in [0.3, 0.4) is 0 Å². The Morgan fingerprint density at radius 3 is 2.14 bits per heavy atom. The number of hydrogen-bond donors (Lipinski definition) is 1. The SMILES string of the molecule is CCN(Cc1ccc(C(=O)N(C)C)cc1)C(=O)CC(C)N.Cl. The molecule has 1 atom stereocenters. The molecule has 2 N–H and O–H groups in total. The van der Waals surface area contributed by atoms with Crippen molar-refractivity contribution in [3.63, 3.8) is 0 Å². The number of nitrogens with zero attached hydrogens (tertiary/aromatic N) is 2. The molecule has 6 heteroatoms. The summed E-state index contributed by atoms with van der Waals surface area (Å²) < 4.78 is 0. The Morgan fingerprint density at radius 1 is 1.18 bits per heavy atom. The summed E-state index contributed by atoms with van der Waals surface area (Å²) in [5, 5.41) is 0. The van der Waals surface area contributed by atoms with Crippen molar-refractivity contribution in [2.45, 2.75) is 32.9 Å². The second kappa shape index (κ2) is 9.43. The lowest BCUT2D eigenvalue weighted by Crippen LogP contribution is -2.34. The zero-order valence-corrected chi connectivity index (χ0v) is 14.5. The van der Waals surface area contributed by atoms with Crippen LogP contribution in [0, 0.1) is 0 Å². The van der Waals surface area contributed by atoms with Gasteiger partial charge in [0.25, 0.3) is 5.91 Å². The van der Waals surface area contributed by atoms with Gasteiger partial charge in [0.2, 0.25) is 5.91 Å². The maximum atomic E-state index is 12.0. The summed E-state index contributed by atoms with van der Waals surface area (Å²) in [6.07, 6.45) is 0.352. The molecular weight excluding hydrogens is 302 g/mol. The minimum Gasteiger partial charge on any atom is -0.345 e. The molecule has 1 unspecified atom stereocenters. The van der Waals surface area contributed by atoms with Crippen LogP contribution in [-0.2, 0) is 11.3 Å². The zero-order chi connectivity index (χ0) is 16.0. The maximum absolute atomic E-state index is 12.0. The fourth-order valence-electron chi connectivity index (χ4n) is 2.01. The van der Waals surface area contributed by atoms with Crippen molar-refractivity contribution < 1.29 is 9.59 Å². The lowest BCUT2D eigenvalue weighted by molar-refractivity contribution is -0.131. The molecule has 1 aromatic rings. The number of carbonyl (C=O) groups is 2. The second-order valence-corrected chi connectivity index (χ2v) is 5.49. The molecule has 124 valence electrons. The van der Waals surface area contributed by atoms with Gasteiger partial charge in [-0.1, -0.05) is 12.1 Å². The maximum Gasteiger partial charge on any atom is 0.253 e. The third kappa shape index (κ3) is 6.03. The molecule has 0 bridgehead atoms. The molecule has 5 nitrogen and oxygen atoms in total. The van der Waals surface area contributed by atoms with Crippen LogP contribution >= 0.6 is 12.4 Å². The Bertz CT molecular complexity index is 487. The molecule has 0 aliphatic carbocycles. The van der Waals surface area contributed by atoms with E-state index in [0.717, 1.165) is 5.56 Å². The minimum atomic E-state index is -0.133. The quantitative estimate of drug-likeness (QED) is 0.867. The van der Waals surface area contributed by atoms with E-state index in [2.05, 4.69) is 0 Å². The molecule has 2 amide bonds. The van der Waals surface area contributed by atoms with Crippen LogP contribution in [0.5, 0.6) is 0 Å². The van der Waals surface area contributed by atoms with Crippen molar-refractivity contribution >= 4 is 24.2 Å². The van der Waals surface area contributed by atoms with Crippen LogP contribution in [0.1, 0.15) is 36.2 Å². The van der Waals surface area contributed by atoms with Gasteiger partial charge in [-0.25, -0.2) is 0 Å². The van der Waals surface area contributed by atoms with Gasteiger partial charge >= 0.3 is 0 Å². The van der Waals surface area contributed by atoms with E-state index < -0.39 is 0 Å². The summed E-state index contributed by atoms with van der Waals surface area (Å²) in [6, 6.07) is 7.23. The van der Waals surface area contributed by atoms with Crippen molar-refractivity contribution in [3.05, 3.63) is 35.4 Å². The fraction of sp³-hybridized carbons (Fsp3) is 0.500. The Balaban J connectivity index is 0.00000441.